The number of benzene rings is 5. The molecule has 9 aromatic rings. The second-order valence-electron chi connectivity index (χ2n) is 15.9. The molecule has 1 saturated heterocycles. The number of thiazole rings is 2. The van der Waals surface area contributed by atoms with Crippen molar-refractivity contribution in [2.24, 2.45) is 5.73 Å². The number of nitro benzene ring substituents is 1. The van der Waals surface area contributed by atoms with Crippen molar-refractivity contribution in [3.63, 3.8) is 0 Å². The average Bonchev–Trinajstić information content (AvgIpc) is 3.70. The van der Waals surface area contributed by atoms with Crippen molar-refractivity contribution < 1.29 is 18.1 Å². The lowest BCUT2D eigenvalue weighted by Crippen LogP contribution is -2.31. The maximum absolute atomic E-state index is 12.5. The minimum atomic E-state index is -3.61. The molecule has 14 nitrogen and oxygen atoms in total. The Morgan fingerprint density at radius 2 is 1.29 bits per heavy atom. The zero-order valence-electron chi connectivity index (χ0n) is 36.8. The third kappa shape index (κ3) is 14.9. The van der Waals surface area contributed by atoms with Gasteiger partial charge in [-0.25, -0.2) is 18.4 Å². The number of fused-ring (bicyclic) bond motifs is 2. The van der Waals surface area contributed by atoms with E-state index in [-0.39, 0.29) is 50.9 Å². The Kier molecular flexibility index (Phi) is 20.0. The molecule has 3 atom stereocenters. The number of rotatable bonds is 13. The maximum Gasteiger partial charge on any atom is 0.269 e. The van der Waals surface area contributed by atoms with Crippen LogP contribution in [0.4, 0.5) is 16.0 Å². The van der Waals surface area contributed by atoms with Crippen LogP contribution in [-0.4, -0.2) is 68.7 Å². The molecule has 5 heterocycles. The lowest BCUT2D eigenvalue weighted by molar-refractivity contribution is -0.384. The Hall–Kier alpha value is -6.70. The highest BCUT2D eigenvalue weighted by molar-refractivity contribution is 7.89. The number of nitrogens with zero attached hydrogens (tertiary/aromatic N) is 6. The summed E-state index contributed by atoms with van der Waals surface area (Å²) in [7, 11) is -3.61. The van der Waals surface area contributed by atoms with Gasteiger partial charge >= 0.3 is 0 Å². The molecule has 1 aliphatic heterocycles. The number of hydrogen-bond acceptors (Lipinski definition) is 13. The number of nitro groups is 1. The van der Waals surface area contributed by atoms with Crippen LogP contribution in [0.2, 0.25) is 10.0 Å². The summed E-state index contributed by atoms with van der Waals surface area (Å²) < 4.78 is 26.3. The van der Waals surface area contributed by atoms with E-state index in [0.29, 0.717) is 29.7 Å². The number of anilines is 2. The quantitative estimate of drug-likeness (QED) is 0.0564. The number of carbonyl (C=O) groups is 1. The first-order valence-corrected chi connectivity index (χ1v) is 25.2. The van der Waals surface area contributed by atoms with Gasteiger partial charge < -0.3 is 16.4 Å². The first kappa shape index (κ1) is 56.2. The van der Waals surface area contributed by atoms with Gasteiger partial charge in [-0.3, -0.25) is 24.9 Å². The molecule has 4 aromatic heterocycles. The molecule has 0 aliphatic carbocycles. The summed E-state index contributed by atoms with van der Waals surface area (Å²) >= 11 is 15.0. The molecule has 374 valence electrons. The second-order valence-corrected chi connectivity index (χ2v) is 20.7. The standard InChI is InChI=1S/C21H19ClN4S.C15H13ClN2O4S.C14H11N3OS.3CH4/c22-18-3-1-2-14(8-18)9-19(23)12-25-21-26-13-20(27-21)16-4-5-17-11-24-7-6-15(17)10-16;16-12-3-1-2-11(8-12)9-14-10-17(14)23(21,22)15-6-4-13(5-7-15)18(19)20;1-9(18)17-14-16-8-13(19-14)11-2-3-12-7-15-5-4-10(12)6-11;;;/h1-8,10-11,13,19H,9,12,23H2,(H,25,26);1-8,14H,9-10H2;2-8H,1H3,(H,16,17,18);3*1H4/t19-;14-,17?;;;;/m00..../s1. The fraction of sp³-hybridized carbons (Fsp3) is 0.189. The van der Waals surface area contributed by atoms with Gasteiger partial charge in [0.1, 0.15) is 0 Å². The molecule has 19 heteroatoms. The van der Waals surface area contributed by atoms with E-state index in [4.69, 9.17) is 28.9 Å². The lowest BCUT2D eigenvalue weighted by atomic mass is 10.1. The van der Waals surface area contributed by atoms with Crippen molar-refractivity contribution in [2.45, 2.75) is 59.0 Å². The van der Waals surface area contributed by atoms with Crippen LogP contribution >= 0.6 is 45.9 Å². The third-order valence-corrected chi connectivity index (χ3v) is 15.1. The summed E-state index contributed by atoms with van der Waals surface area (Å²) in [6.07, 6.45) is 12.3. The van der Waals surface area contributed by atoms with Crippen molar-refractivity contribution >= 4 is 99.3 Å². The van der Waals surface area contributed by atoms with Crippen LogP contribution in [0.15, 0.2) is 163 Å². The molecule has 1 fully saturated rings. The zero-order valence-corrected chi connectivity index (χ0v) is 40.7. The molecular formula is C53H55Cl2N9O5S3. The Morgan fingerprint density at radius 3 is 1.85 bits per heavy atom. The molecule has 0 spiro atoms. The molecule has 1 unspecified atom stereocenters. The minimum absolute atomic E-state index is 0. The first-order chi connectivity index (χ1) is 33.3. The van der Waals surface area contributed by atoms with Gasteiger partial charge in [-0.05, 0) is 107 Å². The van der Waals surface area contributed by atoms with Crippen LogP contribution in [0.5, 0.6) is 0 Å². The second kappa shape index (κ2) is 25.6. The van der Waals surface area contributed by atoms with E-state index in [0.717, 1.165) is 64.7 Å². The predicted octanol–water partition coefficient (Wildman–Crippen LogP) is 13.1. The fourth-order valence-corrected chi connectivity index (χ4v) is 11.0. The normalized spacial score (nSPS) is 13.8. The molecule has 0 saturated carbocycles. The van der Waals surface area contributed by atoms with Crippen molar-refractivity contribution in [1.29, 1.82) is 0 Å². The molecule has 0 radical (unpaired) electrons. The van der Waals surface area contributed by atoms with E-state index in [1.165, 1.54) is 52.2 Å². The van der Waals surface area contributed by atoms with E-state index in [9.17, 15) is 23.3 Å². The molecule has 0 bridgehead atoms. The Labute approximate surface area is 438 Å². The number of hydrogen-bond donors (Lipinski definition) is 3. The highest BCUT2D eigenvalue weighted by Gasteiger charge is 2.44. The summed E-state index contributed by atoms with van der Waals surface area (Å²) in [5.41, 5.74) is 10.5. The number of sulfonamides is 1. The SMILES string of the molecule is C.C.C.CC(=O)Nc1ncc(-c2ccc3cnccc3c2)s1.N[C@H](CNc1ncc(-c2ccc3cnccc3c2)s1)Cc1cccc(Cl)c1.O=[N+]([O-])c1ccc(S(=O)(=O)N2C[C@@H]2Cc2cccc(Cl)c2)cc1. The van der Waals surface area contributed by atoms with Gasteiger partial charge in [0, 0.05) is 102 Å². The topological polar surface area (TPSA) is 199 Å². The van der Waals surface area contributed by atoms with Crippen LogP contribution in [0.25, 0.3) is 42.4 Å². The van der Waals surface area contributed by atoms with Gasteiger partial charge in [-0.2, -0.15) is 4.31 Å². The van der Waals surface area contributed by atoms with Crippen molar-refractivity contribution in [2.75, 3.05) is 23.7 Å². The van der Waals surface area contributed by atoms with Gasteiger partial charge in [0.15, 0.2) is 10.3 Å². The summed E-state index contributed by atoms with van der Waals surface area (Å²) in [6.45, 7) is 2.57. The Bertz CT molecular complexity index is 3380. The highest BCUT2D eigenvalue weighted by atomic mass is 35.5. The average molecular weight is 1070 g/mol. The summed E-state index contributed by atoms with van der Waals surface area (Å²) in [5, 5.41) is 24.1. The number of pyridine rings is 2. The van der Waals surface area contributed by atoms with E-state index < -0.39 is 14.9 Å². The summed E-state index contributed by atoms with van der Waals surface area (Å²) in [4.78, 5) is 40.2. The molecule has 1 amide bonds. The fourth-order valence-electron chi connectivity index (χ4n) is 7.27. The van der Waals surface area contributed by atoms with Crippen LogP contribution in [0, 0.1) is 10.1 Å². The zero-order chi connectivity index (χ0) is 48.5. The number of aromatic nitrogens is 4. The van der Waals surface area contributed by atoms with Crippen molar-refractivity contribution in [3.8, 4) is 20.9 Å². The minimum Gasteiger partial charge on any atom is -0.360 e. The van der Waals surface area contributed by atoms with Gasteiger partial charge in [0.05, 0.1) is 19.6 Å². The summed E-state index contributed by atoms with van der Waals surface area (Å²) in [6, 6.07) is 36.5. The Balaban J connectivity index is 0.000000199. The van der Waals surface area contributed by atoms with E-state index in [1.54, 1.807) is 29.8 Å². The van der Waals surface area contributed by atoms with Gasteiger partial charge in [0.2, 0.25) is 15.9 Å². The third-order valence-electron chi connectivity index (χ3n) is 10.7. The van der Waals surface area contributed by atoms with Crippen molar-refractivity contribution in [3.05, 3.63) is 190 Å². The number of halogens is 2. The van der Waals surface area contributed by atoms with Crippen LogP contribution < -0.4 is 16.4 Å². The molecule has 1 aliphatic rings. The van der Waals surface area contributed by atoms with Gasteiger partial charge in [-0.1, -0.05) is 117 Å². The van der Waals surface area contributed by atoms with Crippen LogP contribution in [0.3, 0.4) is 0 Å². The number of non-ortho nitro benzene ring substituents is 1. The smallest absolute Gasteiger partial charge is 0.269 e. The first-order valence-electron chi connectivity index (χ1n) is 21.4. The van der Waals surface area contributed by atoms with Crippen LogP contribution in [-0.2, 0) is 27.7 Å². The lowest BCUT2D eigenvalue weighted by Gasteiger charge is -2.12. The molecule has 10 rings (SSSR count). The van der Waals surface area contributed by atoms with E-state index >= 15 is 0 Å². The van der Waals surface area contributed by atoms with E-state index in [2.05, 4.69) is 54.8 Å². The van der Waals surface area contributed by atoms with E-state index in [1.807, 2.05) is 91.5 Å². The number of nitrogens with two attached hydrogens (primary N) is 1. The van der Waals surface area contributed by atoms with Gasteiger partial charge in [-0.15, -0.1) is 0 Å². The maximum atomic E-state index is 12.5. The van der Waals surface area contributed by atoms with Crippen LogP contribution in [0.1, 0.15) is 40.3 Å². The predicted molar refractivity (Wildman–Crippen MR) is 298 cm³/mol. The summed E-state index contributed by atoms with van der Waals surface area (Å²) in [5.74, 6) is -0.106. The number of amides is 1. The Morgan fingerprint density at radius 1 is 0.750 bits per heavy atom. The molecule has 5 aromatic carbocycles. The van der Waals surface area contributed by atoms with Crippen molar-refractivity contribution in [1.82, 2.24) is 24.2 Å². The largest absolute Gasteiger partial charge is 0.360 e. The number of nitrogens with one attached hydrogen (secondary N) is 2. The number of carbonyl (C=O) groups excluding carboxylic acids is 1. The molecular weight excluding hydrogens is 1010 g/mol. The molecule has 4 N–H and O–H groups in total. The van der Waals surface area contributed by atoms with Gasteiger partial charge in [0.25, 0.3) is 5.69 Å². The highest BCUT2D eigenvalue weighted by Crippen LogP contribution is 2.34. The molecule has 72 heavy (non-hydrogen) atoms. The monoisotopic (exact) mass is 1060 g/mol.